The van der Waals surface area contributed by atoms with Crippen molar-refractivity contribution in [3.63, 3.8) is 0 Å². The predicted molar refractivity (Wildman–Crippen MR) is 155 cm³/mol. The summed E-state index contributed by atoms with van der Waals surface area (Å²) in [5, 5.41) is 10.1. The summed E-state index contributed by atoms with van der Waals surface area (Å²) in [6, 6.07) is 31.7. The van der Waals surface area contributed by atoms with E-state index in [0.29, 0.717) is 22.2 Å². The number of pyridine rings is 1. The van der Waals surface area contributed by atoms with Gasteiger partial charge in [0.1, 0.15) is 11.2 Å². The highest BCUT2D eigenvalue weighted by atomic mass is 19.4. The first-order chi connectivity index (χ1) is 20.3. The van der Waals surface area contributed by atoms with E-state index >= 15 is 0 Å². The molecule has 6 nitrogen and oxygen atoms in total. The molecule has 0 amide bonds. The monoisotopic (exact) mass is 567 g/mol. The molecular formula is C33H28F3N5O. The summed E-state index contributed by atoms with van der Waals surface area (Å²) >= 11 is 0. The maximum Gasteiger partial charge on any atom is 0.422 e. The van der Waals surface area contributed by atoms with E-state index in [2.05, 4.69) is 10.1 Å². The quantitative estimate of drug-likeness (QED) is 0.177. The topological polar surface area (TPSA) is 57.8 Å². The maximum absolute atomic E-state index is 13.3. The molecule has 212 valence electrons. The largest absolute Gasteiger partial charge is 0.467 e. The number of benzene rings is 3. The molecule has 0 spiro atoms. The Hall–Kier alpha value is -4.92. The Morgan fingerprint density at radius 2 is 1.33 bits per heavy atom. The van der Waals surface area contributed by atoms with Crippen LogP contribution in [0.5, 0.6) is 5.88 Å². The van der Waals surface area contributed by atoms with Crippen LogP contribution in [-0.2, 0) is 5.54 Å². The Morgan fingerprint density at radius 3 is 1.81 bits per heavy atom. The third-order valence-corrected chi connectivity index (χ3v) is 7.23. The first kappa shape index (κ1) is 27.3. The van der Waals surface area contributed by atoms with Crippen molar-refractivity contribution in [2.45, 2.75) is 31.6 Å². The van der Waals surface area contributed by atoms with Gasteiger partial charge in [0, 0.05) is 24.0 Å². The van der Waals surface area contributed by atoms with E-state index in [1.54, 1.807) is 16.9 Å². The van der Waals surface area contributed by atoms with Crippen LogP contribution in [0, 0.1) is 0 Å². The second-order valence-corrected chi connectivity index (χ2v) is 10.3. The van der Waals surface area contributed by atoms with E-state index in [4.69, 9.17) is 9.84 Å². The zero-order valence-electron chi connectivity index (χ0n) is 23.0. The smallest absolute Gasteiger partial charge is 0.422 e. The summed E-state index contributed by atoms with van der Waals surface area (Å²) in [6.07, 6.45) is 0.429. The lowest BCUT2D eigenvalue weighted by atomic mass is 9.77. The van der Waals surface area contributed by atoms with Crippen LogP contribution in [-0.4, -0.2) is 37.3 Å². The zero-order chi connectivity index (χ0) is 29.3. The van der Waals surface area contributed by atoms with Gasteiger partial charge >= 0.3 is 6.18 Å². The van der Waals surface area contributed by atoms with E-state index in [-0.39, 0.29) is 11.9 Å². The summed E-state index contributed by atoms with van der Waals surface area (Å²) in [5.74, 6) is -0.147. The average molecular weight is 568 g/mol. The lowest BCUT2D eigenvalue weighted by molar-refractivity contribution is -0.153. The number of ether oxygens (including phenoxy) is 1. The fraction of sp³-hybridized carbons (Fsp3) is 0.182. The number of hydrogen-bond acceptors (Lipinski definition) is 4. The Morgan fingerprint density at radius 1 is 0.786 bits per heavy atom. The maximum atomic E-state index is 13.3. The van der Waals surface area contributed by atoms with Crippen molar-refractivity contribution >= 4 is 10.9 Å². The molecule has 3 aromatic heterocycles. The molecule has 0 bridgehead atoms. The number of fused-ring (bicyclic) bond motifs is 1. The van der Waals surface area contributed by atoms with Crippen LogP contribution in [0.3, 0.4) is 0 Å². The van der Waals surface area contributed by atoms with Crippen LogP contribution in [0.1, 0.15) is 36.6 Å². The van der Waals surface area contributed by atoms with Crippen molar-refractivity contribution in [1.29, 1.82) is 0 Å². The van der Waals surface area contributed by atoms with Crippen LogP contribution in [0.15, 0.2) is 116 Å². The molecule has 0 atom stereocenters. The molecule has 0 saturated carbocycles. The molecule has 0 saturated heterocycles. The first-order valence-electron chi connectivity index (χ1n) is 13.6. The molecule has 0 unspecified atom stereocenters. The second kappa shape index (κ2) is 10.8. The summed E-state index contributed by atoms with van der Waals surface area (Å²) in [5.41, 5.74) is 3.39. The fourth-order valence-corrected chi connectivity index (χ4v) is 5.40. The van der Waals surface area contributed by atoms with Crippen LogP contribution in [0.25, 0.3) is 22.2 Å². The highest BCUT2D eigenvalue weighted by molar-refractivity contribution is 5.97. The minimum absolute atomic E-state index is 0.0724. The highest BCUT2D eigenvalue weighted by Gasteiger charge is 2.41. The van der Waals surface area contributed by atoms with Gasteiger partial charge in [0.2, 0.25) is 5.88 Å². The van der Waals surface area contributed by atoms with E-state index in [0.717, 1.165) is 16.7 Å². The van der Waals surface area contributed by atoms with Gasteiger partial charge in [-0.05, 0) is 36.6 Å². The minimum atomic E-state index is -4.54. The first-order valence-corrected chi connectivity index (χ1v) is 13.6. The average Bonchev–Trinajstić information content (AvgIpc) is 3.65. The van der Waals surface area contributed by atoms with Gasteiger partial charge in [0.25, 0.3) is 0 Å². The fourth-order valence-electron chi connectivity index (χ4n) is 5.40. The van der Waals surface area contributed by atoms with E-state index in [1.165, 1.54) is 6.20 Å². The van der Waals surface area contributed by atoms with Crippen molar-refractivity contribution < 1.29 is 17.9 Å². The van der Waals surface area contributed by atoms with Gasteiger partial charge in [-0.3, -0.25) is 4.68 Å². The second-order valence-electron chi connectivity index (χ2n) is 10.3. The van der Waals surface area contributed by atoms with E-state index in [9.17, 15) is 13.2 Å². The van der Waals surface area contributed by atoms with Gasteiger partial charge in [0.15, 0.2) is 6.61 Å². The molecule has 0 N–H and O–H groups in total. The summed E-state index contributed by atoms with van der Waals surface area (Å²) in [7, 11) is 0. The van der Waals surface area contributed by atoms with E-state index < -0.39 is 18.3 Å². The lowest BCUT2D eigenvalue weighted by Crippen LogP contribution is -2.38. The Bertz CT molecular complexity index is 1700. The number of rotatable bonds is 8. The Balaban J connectivity index is 1.74. The number of aromatic nitrogens is 5. The van der Waals surface area contributed by atoms with Crippen molar-refractivity contribution in [2.75, 3.05) is 6.61 Å². The van der Waals surface area contributed by atoms with Crippen LogP contribution >= 0.6 is 0 Å². The molecule has 3 heterocycles. The van der Waals surface area contributed by atoms with Crippen molar-refractivity contribution in [3.8, 4) is 17.1 Å². The molecular weight excluding hydrogens is 539 g/mol. The molecule has 0 fully saturated rings. The van der Waals surface area contributed by atoms with Gasteiger partial charge in [-0.1, -0.05) is 91.0 Å². The van der Waals surface area contributed by atoms with Crippen molar-refractivity contribution in [1.82, 2.24) is 24.5 Å². The summed E-state index contributed by atoms with van der Waals surface area (Å²) in [4.78, 5) is 4.25. The standard InChI is InChI=1S/C33H28F3N5O/c1-23(2)40-21-24(20-38-40)30-29-28(18-19-37-31(29)42-22-32(34,35)36)41(39-30)33(25-12-6-3-7-13-25,26-14-8-4-9-15-26)27-16-10-5-11-17-27/h3-21,23H,22H2,1-2H3. The van der Waals surface area contributed by atoms with E-state index in [1.807, 2.05) is 116 Å². The number of halogens is 3. The Kier molecular flexibility index (Phi) is 7.02. The minimum Gasteiger partial charge on any atom is -0.467 e. The Labute approximate surface area is 241 Å². The molecule has 42 heavy (non-hydrogen) atoms. The van der Waals surface area contributed by atoms with Gasteiger partial charge in [0.05, 0.1) is 17.1 Å². The van der Waals surface area contributed by atoms with Gasteiger partial charge in [-0.25, -0.2) is 9.67 Å². The van der Waals surface area contributed by atoms with Crippen molar-refractivity contribution in [3.05, 3.63) is 132 Å². The zero-order valence-corrected chi connectivity index (χ0v) is 23.0. The molecule has 3 aromatic carbocycles. The molecule has 0 aliphatic rings. The number of alkyl halides is 3. The number of nitrogens with zero attached hydrogens (tertiary/aromatic N) is 5. The normalized spacial score (nSPS) is 12.2. The van der Waals surface area contributed by atoms with Crippen LogP contribution in [0.2, 0.25) is 0 Å². The SMILES string of the molecule is CC(C)n1cc(-c2nn(C(c3ccccc3)(c3ccccc3)c3ccccc3)c3ccnc(OCC(F)(F)F)c23)cn1. The van der Waals surface area contributed by atoms with Gasteiger partial charge in [-0.2, -0.15) is 23.4 Å². The molecule has 0 aliphatic carbocycles. The molecule has 0 aliphatic heterocycles. The molecule has 9 heteroatoms. The van der Waals surface area contributed by atoms with Gasteiger partial charge < -0.3 is 4.74 Å². The highest BCUT2D eigenvalue weighted by Crippen LogP contribution is 2.45. The molecule has 6 rings (SSSR count). The third kappa shape index (κ3) is 4.81. The molecule has 0 radical (unpaired) electrons. The van der Waals surface area contributed by atoms with Crippen molar-refractivity contribution in [2.24, 2.45) is 0 Å². The van der Waals surface area contributed by atoms with Crippen LogP contribution < -0.4 is 4.74 Å². The van der Waals surface area contributed by atoms with Crippen LogP contribution in [0.4, 0.5) is 13.2 Å². The summed E-state index contributed by atoms with van der Waals surface area (Å²) in [6.45, 7) is 2.52. The summed E-state index contributed by atoms with van der Waals surface area (Å²) < 4.78 is 49.0. The van der Waals surface area contributed by atoms with Gasteiger partial charge in [-0.15, -0.1) is 0 Å². The predicted octanol–water partition coefficient (Wildman–Crippen LogP) is 7.66. The lowest BCUT2D eigenvalue weighted by Gasteiger charge is -2.37. The number of hydrogen-bond donors (Lipinski definition) is 0. The third-order valence-electron chi connectivity index (χ3n) is 7.23. The molecule has 6 aromatic rings.